The van der Waals surface area contributed by atoms with Crippen molar-refractivity contribution < 1.29 is 9.53 Å². The molecule has 0 fully saturated rings. The Balaban J connectivity index is 3.01. The van der Waals surface area contributed by atoms with Crippen molar-refractivity contribution in [3.05, 3.63) is 28.8 Å². The van der Waals surface area contributed by atoms with Crippen LogP contribution in [0.1, 0.15) is 23.6 Å². The van der Waals surface area contributed by atoms with E-state index in [9.17, 15) is 4.79 Å². The summed E-state index contributed by atoms with van der Waals surface area (Å²) in [6, 6.07) is 5.41. The average Bonchev–Trinajstić information content (AvgIpc) is 2.31. The summed E-state index contributed by atoms with van der Waals surface area (Å²) in [5.41, 5.74) is 7.47. The average molecular weight is 250 g/mol. The number of ether oxygens (including phenoxy) is 1. The van der Waals surface area contributed by atoms with E-state index in [4.69, 9.17) is 15.7 Å². The maximum absolute atomic E-state index is 11.4. The number of carbonyl (C=O) groups excluding carboxylic acids is 1. The van der Waals surface area contributed by atoms with E-state index < -0.39 is 0 Å². The van der Waals surface area contributed by atoms with E-state index in [0.29, 0.717) is 22.6 Å². The smallest absolute Gasteiger partial charge is 0.310 e. The van der Waals surface area contributed by atoms with Crippen LogP contribution < -0.4 is 5.73 Å². The molecular weight excluding hydrogens is 236 g/mol. The van der Waals surface area contributed by atoms with Crippen LogP contribution in [0.4, 0.5) is 0 Å². The van der Waals surface area contributed by atoms with E-state index in [1.165, 1.54) is 0 Å². The third-order valence-electron chi connectivity index (χ3n) is 2.28. The molecule has 90 valence electrons. The van der Waals surface area contributed by atoms with Gasteiger partial charge in [-0.05, 0) is 24.1 Å². The Morgan fingerprint density at radius 2 is 2.24 bits per heavy atom. The number of hydrogen-bond acceptors (Lipinski definition) is 5. The highest BCUT2D eigenvalue weighted by Gasteiger charge is 2.11. The minimum Gasteiger partial charge on any atom is -0.466 e. The highest BCUT2D eigenvalue weighted by atomic mass is 32.1. The number of hydrogen-bond donors (Lipinski definition) is 2. The second-order valence-corrected chi connectivity index (χ2v) is 3.92. The van der Waals surface area contributed by atoms with Crippen LogP contribution in [0.2, 0.25) is 0 Å². The van der Waals surface area contributed by atoms with Gasteiger partial charge in [0.05, 0.1) is 24.7 Å². The molecule has 0 spiro atoms. The van der Waals surface area contributed by atoms with Crippen molar-refractivity contribution >= 4 is 18.6 Å². The topological polar surface area (TPSA) is 76.1 Å². The number of nitrogens with two attached hydrogens (primary N) is 1. The van der Waals surface area contributed by atoms with E-state index in [1.54, 1.807) is 19.1 Å². The molecule has 0 heterocycles. The van der Waals surface area contributed by atoms with Gasteiger partial charge < -0.3 is 10.5 Å². The molecule has 2 N–H and O–H groups in total. The predicted octanol–water partition coefficient (Wildman–Crippen LogP) is 1.41. The molecule has 0 aliphatic carbocycles. The number of nitrogens with zero attached hydrogens (tertiary/aromatic N) is 1. The van der Waals surface area contributed by atoms with E-state index in [1.807, 2.05) is 6.07 Å². The highest BCUT2D eigenvalue weighted by molar-refractivity contribution is 7.80. The van der Waals surface area contributed by atoms with Gasteiger partial charge in [0.2, 0.25) is 0 Å². The lowest BCUT2D eigenvalue weighted by atomic mass is 10.0. The lowest BCUT2D eigenvalue weighted by molar-refractivity contribution is -0.142. The molecule has 0 radical (unpaired) electrons. The number of thiol groups is 1. The van der Waals surface area contributed by atoms with Gasteiger partial charge in [-0.1, -0.05) is 6.07 Å². The van der Waals surface area contributed by atoms with Gasteiger partial charge in [0, 0.05) is 11.4 Å². The SMILES string of the molecule is CCOC(=O)Cc1cc(CN)c(C#N)cc1S. The Bertz CT molecular complexity index is 466. The van der Waals surface area contributed by atoms with Crippen LogP contribution in [0.25, 0.3) is 0 Å². The van der Waals surface area contributed by atoms with Crippen LogP contribution in [0, 0.1) is 11.3 Å². The predicted molar refractivity (Wildman–Crippen MR) is 66.6 cm³/mol. The summed E-state index contributed by atoms with van der Waals surface area (Å²) >= 11 is 4.25. The fourth-order valence-corrected chi connectivity index (χ4v) is 1.74. The van der Waals surface area contributed by atoms with E-state index >= 15 is 0 Å². The molecule has 0 saturated carbocycles. The van der Waals surface area contributed by atoms with Crippen molar-refractivity contribution in [1.29, 1.82) is 5.26 Å². The summed E-state index contributed by atoms with van der Waals surface area (Å²) in [4.78, 5) is 12.0. The molecule has 0 atom stereocenters. The number of nitriles is 1. The lowest BCUT2D eigenvalue weighted by Crippen LogP contribution is -2.09. The summed E-state index contributed by atoms with van der Waals surface area (Å²) in [5.74, 6) is -0.310. The summed E-state index contributed by atoms with van der Waals surface area (Å²) in [5, 5.41) is 8.90. The molecule has 0 amide bonds. The maximum atomic E-state index is 11.4. The van der Waals surface area contributed by atoms with E-state index in [-0.39, 0.29) is 18.9 Å². The largest absolute Gasteiger partial charge is 0.466 e. The van der Waals surface area contributed by atoms with Gasteiger partial charge in [-0.3, -0.25) is 4.79 Å². The number of carbonyl (C=O) groups is 1. The Hall–Kier alpha value is -1.51. The molecule has 0 saturated heterocycles. The fourth-order valence-electron chi connectivity index (χ4n) is 1.47. The van der Waals surface area contributed by atoms with Gasteiger partial charge in [0.25, 0.3) is 0 Å². The minimum absolute atomic E-state index is 0.144. The van der Waals surface area contributed by atoms with Gasteiger partial charge in [0.1, 0.15) is 0 Å². The minimum atomic E-state index is -0.310. The molecule has 0 aromatic heterocycles. The first-order chi connectivity index (χ1) is 8.12. The molecule has 0 bridgehead atoms. The van der Waals surface area contributed by atoms with Crippen molar-refractivity contribution in [1.82, 2.24) is 0 Å². The third kappa shape index (κ3) is 3.48. The zero-order valence-electron chi connectivity index (χ0n) is 9.56. The monoisotopic (exact) mass is 250 g/mol. The lowest BCUT2D eigenvalue weighted by Gasteiger charge is -2.08. The molecule has 5 heteroatoms. The summed E-state index contributed by atoms with van der Waals surface area (Å²) in [7, 11) is 0. The molecular formula is C12H14N2O2S. The molecule has 0 unspecified atom stereocenters. The highest BCUT2D eigenvalue weighted by Crippen LogP contribution is 2.20. The third-order valence-corrected chi connectivity index (χ3v) is 2.70. The fraction of sp³-hybridized carbons (Fsp3) is 0.333. The van der Waals surface area contributed by atoms with Crippen molar-refractivity contribution in [2.24, 2.45) is 5.73 Å². The van der Waals surface area contributed by atoms with E-state index in [2.05, 4.69) is 12.6 Å². The van der Waals surface area contributed by atoms with Gasteiger partial charge in [-0.15, -0.1) is 12.6 Å². The second-order valence-electron chi connectivity index (χ2n) is 3.44. The van der Waals surface area contributed by atoms with Crippen LogP contribution in [-0.2, 0) is 22.5 Å². The molecule has 17 heavy (non-hydrogen) atoms. The molecule has 1 aromatic rings. The molecule has 0 aliphatic rings. The first-order valence-corrected chi connectivity index (χ1v) is 5.67. The van der Waals surface area contributed by atoms with Gasteiger partial charge in [0.15, 0.2) is 0 Å². The maximum Gasteiger partial charge on any atom is 0.310 e. The number of esters is 1. The molecule has 0 aliphatic heterocycles. The van der Waals surface area contributed by atoms with Gasteiger partial charge >= 0.3 is 5.97 Å². The first kappa shape index (κ1) is 13.6. The first-order valence-electron chi connectivity index (χ1n) is 5.22. The van der Waals surface area contributed by atoms with E-state index in [0.717, 1.165) is 5.56 Å². The van der Waals surface area contributed by atoms with Crippen molar-refractivity contribution in [3.8, 4) is 6.07 Å². The normalized spacial score (nSPS) is 9.76. The van der Waals surface area contributed by atoms with Crippen LogP contribution in [0.3, 0.4) is 0 Å². The van der Waals surface area contributed by atoms with Crippen LogP contribution in [0.5, 0.6) is 0 Å². The quantitative estimate of drug-likeness (QED) is 0.626. The standard InChI is InChI=1S/C12H14N2O2S/c1-2-16-12(15)5-8-3-9(6-13)10(7-14)4-11(8)17/h3-4,17H,2,5-6,13H2,1H3. The van der Waals surface area contributed by atoms with Crippen LogP contribution >= 0.6 is 12.6 Å². The van der Waals surface area contributed by atoms with Crippen LogP contribution in [0.15, 0.2) is 17.0 Å². The van der Waals surface area contributed by atoms with Crippen molar-refractivity contribution in [2.45, 2.75) is 24.8 Å². The Labute approximate surface area is 106 Å². The Morgan fingerprint density at radius 1 is 1.53 bits per heavy atom. The Kier molecular flexibility index (Phi) is 5.01. The number of rotatable bonds is 4. The van der Waals surface area contributed by atoms with Crippen LogP contribution in [-0.4, -0.2) is 12.6 Å². The summed E-state index contributed by atoms with van der Waals surface area (Å²) in [6.07, 6.45) is 0.144. The van der Waals surface area contributed by atoms with Gasteiger partial charge in [-0.25, -0.2) is 0 Å². The summed E-state index contributed by atoms with van der Waals surface area (Å²) < 4.78 is 4.86. The molecule has 1 aromatic carbocycles. The zero-order valence-corrected chi connectivity index (χ0v) is 10.5. The second kappa shape index (κ2) is 6.28. The Morgan fingerprint density at radius 3 is 2.76 bits per heavy atom. The molecule has 1 rings (SSSR count). The molecule has 4 nitrogen and oxygen atoms in total. The summed E-state index contributed by atoms with van der Waals surface area (Å²) in [6.45, 7) is 2.36. The number of benzene rings is 1. The van der Waals surface area contributed by atoms with Crippen molar-refractivity contribution in [3.63, 3.8) is 0 Å². The van der Waals surface area contributed by atoms with Gasteiger partial charge in [-0.2, -0.15) is 5.26 Å². The van der Waals surface area contributed by atoms with Crippen molar-refractivity contribution in [2.75, 3.05) is 6.61 Å². The zero-order chi connectivity index (χ0) is 12.8.